The van der Waals surface area contributed by atoms with E-state index in [2.05, 4.69) is 149 Å². The molecule has 0 N–H and O–H groups in total. The van der Waals surface area contributed by atoms with Crippen molar-refractivity contribution in [1.29, 1.82) is 0 Å². The number of para-hydroxylation sites is 3. The number of imidazole rings is 1. The zero-order valence-electron chi connectivity index (χ0n) is 34.1. The molecule has 0 aliphatic rings. The third kappa shape index (κ3) is 7.04. The van der Waals surface area contributed by atoms with E-state index in [1.807, 2.05) is 0 Å². The molecule has 5 heteroatoms. The Labute approximate surface area is 331 Å². The van der Waals surface area contributed by atoms with Crippen LogP contribution in [0, 0.1) is 32.1 Å². The van der Waals surface area contributed by atoms with Crippen molar-refractivity contribution in [3.63, 3.8) is 0 Å². The summed E-state index contributed by atoms with van der Waals surface area (Å²) in [5.74, 6) is 0.915. The van der Waals surface area contributed by atoms with Gasteiger partial charge in [0.25, 0.3) is 0 Å². The predicted molar refractivity (Wildman–Crippen MR) is 214 cm³/mol. The number of fused-ring (bicyclic) bond motifs is 2. The van der Waals surface area contributed by atoms with Crippen LogP contribution in [0.3, 0.4) is 0 Å². The topological polar surface area (TPSA) is 30.7 Å². The number of benzene rings is 6. The number of aromatic nitrogens is 3. The summed E-state index contributed by atoms with van der Waals surface area (Å²) in [4.78, 5) is 9.29. The first-order chi connectivity index (χ1) is 27.5. The summed E-state index contributed by atoms with van der Waals surface area (Å²) in [6.07, 6.45) is 1.30. The van der Waals surface area contributed by atoms with Gasteiger partial charge in [0.2, 0.25) is 0 Å². The summed E-state index contributed by atoms with van der Waals surface area (Å²) in [7, 11) is 0. The van der Waals surface area contributed by atoms with E-state index in [1.165, 1.54) is 62.3 Å². The van der Waals surface area contributed by atoms with Crippen LogP contribution >= 0.6 is 11.3 Å². The van der Waals surface area contributed by atoms with Gasteiger partial charge < -0.3 is 9.55 Å². The summed E-state index contributed by atoms with van der Waals surface area (Å²) < 4.78 is 47.2. The molecule has 0 bridgehead atoms. The number of nitrogens with zero attached hydrogens (tertiary/aromatic N) is 3. The molecule has 9 rings (SSSR count). The van der Waals surface area contributed by atoms with Gasteiger partial charge in [-0.15, -0.1) is 46.8 Å². The molecule has 3 nitrogen and oxygen atoms in total. The Morgan fingerprint density at radius 3 is 2.00 bits per heavy atom. The average molecular weight is 872 g/mol. The summed E-state index contributed by atoms with van der Waals surface area (Å²) in [6, 6.07) is 53.3. The smallest absolute Gasteiger partial charge is 0.0774 e. The summed E-state index contributed by atoms with van der Waals surface area (Å²) in [5.41, 5.74) is 11.7. The molecule has 3 heterocycles. The van der Waals surface area contributed by atoms with Crippen molar-refractivity contribution < 1.29 is 28.3 Å². The Morgan fingerprint density at radius 2 is 1.35 bits per heavy atom. The van der Waals surface area contributed by atoms with Crippen LogP contribution in [0.4, 0.5) is 0 Å². The molecule has 3 aromatic heterocycles. The molecular weight excluding hydrogens is 831 g/mol. The Bertz CT molecular complexity index is 2700. The third-order valence-corrected chi connectivity index (χ3v) is 9.62. The van der Waals surface area contributed by atoms with Gasteiger partial charge in [-0.1, -0.05) is 143 Å². The Kier molecular flexibility index (Phi) is 8.36. The number of thiophene rings is 1. The second-order valence-corrected chi connectivity index (χ2v) is 13.0. The molecule has 255 valence electrons. The van der Waals surface area contributed by atoms with Crippen LogP contribution in [0.25, 0.3) is 71.7 Å². The molecule has 0 fully saturated rings. The summed E-state index contributed by atoms with van der Waals surface area (Å²) in [5, 5.41) is 4.80. The van der Waals surface area contributed by atoms with Crippen molar-refractivity contribution in [3.8, 4) is 50.6 Å². The maximum absolute atomic E-state index is 7.28. The van der Waals surface area contributed by atoms with Crippen LogP contribution in [0.15, 0.2) is 158 Å². The number of hydrogen-bond acceptors (Lipinski definition) is 3. The maximum atomic E-state index is 7.28. The first kappa shape index (κ1) is 28.2. The van der Waals surface area contributed by atoms with Gasteiger partial charge in [0.1, 0.15) is 0 Å². The molecule has 0 aliphatic heterocycles. The van der Waals surface area contributed by atoms with E-state index in [0.29, 0.717) is 11.3 Å². The van der Waals surface area contributed by atoms with Crippen LogP contribution in [0.1, 0.15) is 24.9 Å². The molecule has 0 unspecified atom stereocenters. The van der Waals surface area contributed by atoms with Gasteiger partial charge in [-0.05, 0) is 48.3 Å². The van der Waals surface area contributed by atoms with Gasteiger partial charge in [0.15, 0.2) is 0 Å². The maximum Gasteiger partial charge on any atom is 0.0774 e. The van der Waals surface area contributed by atoms with E-state index in [-0.39, 0.29) is 31.2 Å². The first-order valence-electron chi connectivity index (χ1n) is 19.6. The minimum atomic E-state index is -2.18. The first-order valence-corrected chi connectivity index (χ1v) is 17.4. The normalized spacial score (nSPS) is 13.0. The molecule has 0 amide bonds. The predicted octanol–water partition coefficient (Wildman–Crippen LogP) is 12.5. The van der Waals surface area contributed by atoms with E-state index in [1.54, 1.807) is 23.5 Å². The fourth-order valence-corrected chi connectivity index (χ4v) is 7.12. The Morgan fingerprint density at radius 1 is 0.673 bits per heavy atom. The van der Waals surface area contributed by atoms with Crippen LogP contribution in [0.5, 0.6) is 0 Å². The molecule has 6 aromatic carbocycles. The van der Waals surface area contributed by atoms with E-state index in [9.17, 15) is 0 Å². The fraction of sp³-hybridized carbons (Fsp3) is 0.0638. The fourth-order valence-electron chi connectivity index (χ4n) is 6.30. The monoisotopic (exact) mass is 872 g/mol. The minimum absolute atomic E-state index is 0. The van der Waals surface area contributed by atoms with Crippen LogP contribution in [0.2, 0.25) is 0 Å². The van der Waals surface area contributed by atoms with Crippen molar-refractivity contribution in [2.75, 3.05) is 0 Å². The Balaban J connectivity index is 0.000000208. The van der Waals surface area contributed by atoms with Gasteiger partial charge in [0, 0.05) is 45.7 Å². The molecule has 0 saturated carbocycles. The van der Waals surface area contributed by atoms with E-state index in [0.717, 1.165) is 28.1 Å². The van der Waals surface area contributed by atoms with Gasteiger partial charge in [-0.25, -0.2) is 0 Å². The molecule has 1 radical (unpaired) electrons. The quantitative estimate of drug-likeness (QED) is 0.161. The van der Waals surface area contributed by atoms with Gasteiger partial charge in [-0.3, -0.25) is 16.3 Å². The van der Waals surface area contributed by atoms with Crippen molar-refractivity contribution in [3.05, 3.63) is 186 Å². The van der Waals surface area contributed by atoms with Crippen LogP contribution in [-0.2, 0) is 20.1 Å². The van der Waals surface area contributed by atoms with Gasteiger partial charge in [0.05, 0.1) is 22.5 Å². The Hall–Kier alpha value is -5.45. The SMILES string of the molecule is Cc1ccc2s[c-]c(-c3nc4ccccc4n3-c3c(-c4ccccc4)cccc3-c3ccccc3)c2c1.[2H]C([2H])([2H])c1c[c-]c(-c2ccc(C([2H])([2H])[2H])cn2)cc1.[Ir]. The van der Waals surface area contributed by atoms with Gasteiger partial charge in [-0.2, -0.15) is 0 Å². The minimum Gasteiger partial charge on any atom is -0.332 e. The number of aryl methyl sites for hydroxylation is 3. The second kappa shape index (κ2) is 15.4. The van der Waals surface area contributed by atoms with Crippen molar-refractivity contribution in [2.24, 2.45) is 0 Å². The largest absolute Gasteiger partial charge is 0.332 e. The second-order valence-electron chi connectivity index (χ2n) is 12.2. The van der Waals surface area contributed by atoms with E-state index in [4.69, 9.17) is 13.2 Å². The number of hydrogen-bond donors (Lipinski definition) is 0. The molecular formula is C47H35IrN3S-2. The molecule has 9 aromatic rings. The van der Waals surface area contributed by atoms with Crippen molar-refractivity contribution in [1.82, 2.24) is 14.5 Å². The standard InChI is InChI=1S/C34H23N2S.C13H12N.Ir/c1-23-19-20-32-28(21-23)29(22-37-32)34-35-30-17-8-9-18-31(30)36(34)33-26(24-11-4-2-5-12-24)15-10-16-27(33)25-13-6-3-7-14-25;1-10-3-6-12(7-4-10)13-8-5-11(2)9-14-13;/h2-21H,1H3;3-6,8-9H,1-2H3;/q2*-1;/i;1D3,2D3;. The van der Waals surface area contributed by atoms with Crippen LogP contribution in [-0.4, -0.2) is 14.5 Å². The van der Waals surface area contributed by atoms with Crippen molar-refractivity contribution >= 4 is 32.5 Å². The molecule has 52 heavy (non-hydrogen) atoms. The third-order valence-electron chi connectivity index (χ3n) is 8.73. The van der Waals surface area contributed by atoms with Gasteiger partial charge >= 0.3 is 0 Å². The average Bonchev–Trinajstić information content (AvgIpc) is 3.82. The zero-order chi connectivity index (χ0) is 39.7. The molecule has 0 atom stereocenters. The van der Waals surface area contributed by atoms with E-state index < -0.39 is 13.7 Å². The molecule has 0 saturated heterocycles. The molecule has 0 spiro atoms. The summed E-state index contributed by atoms with van der Waals surface area (Å²) in [6.45, 7) is -2.20. The van der Waals surface area contributed by atoms with Crippen molar-refractivity contribution in [2.45, 2.75) is 20.6 Å². The summed E-state index contributed by atoms with van der Waals surface area (Å²) >= 11 is 1.65. The molecule has 0 aliphatic carbocycles. The van der Waals surface area contributed by atoms with Crippen LogP contribution < -0.4 is 0 Å². The number of pyridine rings is 1. The number of rotatable bonds is 5. The van der Waals surface area contributed by atoms with E-state index >= 15 is 0 Å². The zero-order valence-corrected chi connectivity index (χ0v) is 31.3.